The fourth-order valence-electron chi connectivity index (χ4n) is 1.70. The normalized spacial score (nSPS) is 11.6. The van der Waals surface area contributed by atoms with Gasteiger partial charge in [-0.25, -0.2) is 4.98 Å². The Bertz CT molecular complexity index is 623. The number of hydrogen-bond donors (Lipinski definition) is 1. The Morgan fingerprint density at radius 3 is 2.61 bits per heavy atom. The maximum Gasteiger partial charge on any atom is 0.130 e. The molecule has 0 amide bonds. The zero-order valence-electron chi connectivity index (χ0n) is 11.1. The summed E-state index contributed by atoms with van der Waals surface area (Å²) < 4.78 is 0.608. The molecule has 18 heavy (non-hydrogen) atoms. The van der Waals surface area contributed by atoms with Gasteiger partial charge in [-0.1, -0.05) is 33.0 Å². The van der Waals surface area contributed by atoms with Crippen LogP contribution in [0, 0.1) is 11.6 Å². The zero-order chi connectivity index (χ0) is 13.3. The number of nitrogens with one attached hydrogen (secondary N) is 1. The second-order valence-electron chi connectivity index (χ2n) is 5.42. The third-order valence-electron chi connectivity index (χ3n) is 2.78. The van der Waals surface area contributed by atoms with Crippen LogP contribution < -0.4 is 0 Å². The third kappa shape index (κ3) is 2.64. The molecule has 3 nitrogen and oxygen atoms in total. The van der Waals surface area contributed by atoms with Gasteiger partial charge in [-0.3, -0.25) is 4.98 Å². The van der Waals surface area contributed by atoms with Gasteiger partial charge in [0, 0.05) is 23.4 Å². The summed E-state index contributed by atoms with van der Waals surface area (Å²) in [5.41, 5.74) is 3.16. The summed E-state index contributed by atoms with van der Waals surface area (Å²) in [4.78, 5) is 11.9. The average molecular weight is 259 g/mol. The van der Waals surface area contributed by atoms with Crippen LogP contribution in [0.15, 0.2) is 24.5 Å². The van der Waals surface area contributed by atoms with Gasteiger partial charge in [0.1, 0.15) is 10.5 Å². The number of rotatable bonds is 1. The second-order valence-corrected chi connectivity index (χ2v) is 5.84. The average Bonchev–Trinajstić information content (AvgIpc) is 2.27. The van der Waals surface area contributed by atoms with Crippen molar-refractivity contribution in [2.75, 3.05) is 0 Å². The Morgan fingerprint density at radius 1 is 1.28 bits per heavy atom. The summed E-state index contributed by atoms with van der Waals surface area (Å²) in [6.07, 6.45) is 3.64. The molecule has 0 bridgehead atoms. The Hall–Kier alpha value is -1.55. The van der Waals surface area contributed by atoms with Gasteiger partial charge in [-0.05, 0) is 24.6 Å². The van der Waals surface area contributed by atoms with Crippen molar-refractivity contribution in [3.05, 3.63) is 40.6 Å². The molecule has 2 rings (SSSR count). The van der Waals surface area contributed by atoms with Crippen LogP contribution in [0.2, 0.25) is 0 Å². The molecule has 0 radical (unpaired) electrons. The van der Waals surface area contributed by atoms with Crippen LogP contribution in [0.1, 0.15) is 32.2 Å². The molecule has 0 saturated carbocycles. The number of nitrogens with zero attached hydrogens (tertiary/aromatic N) is 2. The van der Waals surface area contributed by atoms with E-state index in [0.717, 1.165) is 17.1 Å². The van der Waals surface area contributed by atoms with Gasteiger partial charge in [-0.15, -0.1) is 0 Å². The van der Waals surface area contributed by atoms with Crippen molar-refractivity contribution in [3.63, 3.8) is 0 Å². The van der Waals surface area contributed by atoms with Crippen LogP contribution in [0.4, 0.5) is 0 Å². The van der Waals surface area contributed by atoms with Crippen molar-refractivity contribution < 1.29 is 0 Å². The molecule has 2 aromatic rings. The Balaban J connectivity index is 2.63. The number of pyridine rings is 1. The summed E-state index contributed by atoms with van der Waals surface area (Å²) in [6.45, 7) is 8.40. The molecule has 0 aliphatic rings. The summed E-state index contributed by atoms with van der Waals surface area (Å²) in [5.74, 6) is 0.897. The van der Waals surface area contributed by atoms with Crippen LogP contribution >= 0.6 is 12.2 Å². The molecule has 94 valence electrons. The minimum absolute atomic E-state index is 0.0559. The molecule has 0 atom stereocenters. The molecule has 2 aromatic heterocycles. The first-order valence-electron chi connectivity index (χ1n) is 5.91. The highest BCUT2D eigenvalue weighted by Gasteiger charge is 2.17. The second kappa shape index (κ2) is 4.61. The highest BCUT2D eigenvalue weighted by Crippen LogP contribution is 2.24. The van der Waals surface area contributed by atoms with E-state index in [1.807, 2.05) is 18.3 Å². The van der Waals surface area contributed by atoms with E-state index in [-0.39, 0.29) is 5.41 Å². The van der Waals surface area contributed by atoms with Gasteiger partial charge in [0.2, 0.25) is 0 Å². The molecule has 0 saturated heterocycles. The van der Waals surface area contributed by atoms with E-state index < -0.39 is 0 Å². The maximum absolute atomic E-state index is 5.25. The van der Waals surface area contributed by atoms with Gasteiger partial charge in [0.25, 0.3) is 0 Å². The fraction of sp³-hybridized carbons (Fsp3) is 0.357. The molecule has 2 heterocycles. The number of hydrogen-bond acceptors (Lipinski definition) is 3. The van der Waals surface area contributed by atoms with Crippen molar-refractivity contribution in [2.24, 2.45) is 0 Å². The first-order chi connectivity index (χ1) is 8.38. The van der Waals surface area contributed by atoms with Crippen LogP contribution in [-0.4, -0.2) is 15.0 Å². The number of aromatic nitrogens is 3. The van der Waals surface area contributed by atoms with E-state index in [2.05, 4.69) is 42.6 Å². The van der Waals surface area contributed by atoms with E-state index in [9.17, 15) is 0 Å². The largest absolute Gasteiger partial charge is 0.343 e. The van der Waals surface area contributed by atoms with Crippen LogP contribution in [-0.2, 0) is 5.41 Å². The summed E-state index contributed by atoms with van der Waals surface area (Å²) in [6, 6.07) is 3.87. The molecular weight excluding hydrogens is 242 g/mol. The van der Waals surface area contributed by atoms with E-state index in [4.69, 9.17) is 12.2 Å². The van der Waals surface area contributed by atoms with Crippen LogP contribution in [0.25, 0.3) is 11.3 Å². The number of aryl methyl sites for hydroxylation is 1. The predicted octanol–water partition coefficient (Wildman–Crippen LogP) is 3.81. The van der Waals surface area contributed by atoms with E-state index in [0.29, 0.717) is 4.64 Å². The van der Waals surface area contributed by atoms with Crippen molar-refractivity contribution in [1.29, 1.82) is 0 Å². The lowest BCUT2D eigenvalue weighted by atomic mass is 9.95. The first kappa shape index (κ1) is 12.9. The van der Waals surface area contributed by atoms with Gasteiger partial charge in [0.15, 0.2) is 0 Å². The Morgan fingerprint density at radius 2 is 2.00 bits per heavy atom. The summed E-state index contributed by atoms with van der Waals surface area (Å²) in [7, 11) is 0. The molecule has 0 aromatic carbocycles. The third-order valence-corrected chi connectivity index (χ3v) is 2.99. The molecule has 1 N–H and O–H groups in total. The number of aromatic amines is 1. The van der Waals surface area contributed by atoms with Crippen LogP contribution in [0.3, 0.4) is 0 Å². The SMILES string of the molecule is Cc1ccncc1-c1cc(=S)nc(C(C)(C)C)[nH]1. The minimum atomic E-state index is -0.0559. The Kier molecular flexibility index (Phi) is 3.30. The molecule has 0 aliphatic carbocycles. The van der Waals surface area contributed by atoms with E-state index >= 15 is 0 Å². The van der Waals surface area contributed by atoms with Gasteiger partial charge in [-0.2, -0.15) is 0 Å². The molecule has 4 heteroatoms. The zero-order valence-corrected chi connectivity index (χ0v) is 11.9. The predicted molar refractivity (Wildman–Crippen MR) is 76.1 cm³/mol. The highest BCUT2D eigenvalue weighted by molar-refractivity contribution is 7.71. The highest BCUT2D eigenvalue weighted by atomic mass is 32.1. The lowest BCUT2D eigenvalue weighted by Gasteiger charge is -2.18. The molecule has 0 unspecified atom stereocenters. The monoisotopic (exact) mass is 259 g/mol. The van der Waals surface area contributed by atoms with Gasteiger partial charge < -0.3 is 4.98 Å². The number of H-pyrrole nitrogens is 1. The van der Waals surface area contributed by atoms with Gasteiger partial charge in [0.05, 0.1) is 5.69 Å². The van der Waals surface area contributed by atoms with Crippen molar-refractivity contribution in [3.8, 4) is 11.3 Å². The fourth-order valence-corrected chi connectivity index (χ4v) is 1.91. The minimum Gasteiger partial charge on any atom is -0.343 e. The lowest BCUT2D eigenvalue weighted by Crippen LogP contribution is -2.16. The molecule has 0 fully saturated rings. The van der Waals surface area contributed by atoms with Crippen LogP contribution in [0.5, 0.6) is 0 Å². The smallest absolute Gasteiger partial charge is 0.130 e. The topological polar surface area (TPSA) is 41.6 Å². The molecule has 0 spiro atoms. The summed E-state index contributed by atoms with van der Waals surface area (Å²) in [5, 5.41) is 0. The molecule has 0 aliphatic heterocycles. The van der Waals surface area contributed by atoms with E-state index in [1.165, 1.54) is 5.56 Å². The van der Waals surface area contributed by atoms with Gasteiger partial charge >= 0.3 is 0 Å². The van der Waals surface area contributed by atoms with Crippen molar-refractivity contribution in [1.82, 2.24) is 15.0 Å². The molecular formula is C14H17N3S. The Labute approximate surface area is 112 Å². The lowest BCUT2D eigenvalue weighted by molar-refractivity contribution is 0.545. The summed E-state index contributed by atoms with van der Waals surface area (Å²) >= 11 is 5.25. The van der Waals surface area contributed by atoms with Crippen molar-refractivity contribution >= 4 is 12.2 Å². The quantitative estimate of drug-likeness (QED) is 0.792. The van der Waals surface area contributed by atoms with Crippen molar-refractivity contribution in [2.45, 2.75) is 33.1 Å². The van der Waals surface area contributed by atoms with E-state index in [1.54, 1.807) is 6.20 Å². The standard InChI is InChI=1S/C14H17N3S/c1-9-5-6-15-8-10(9)11-7-12(18)17-13(16-11)14(2,3)4/h5-8H,1-4H3,(H,16,17,18). The first-order valence-corrected chi connectivity index (χ1v) is 6.31. The maximum atomic E-state index is 5.25.